The van der Waals surface area contributed by atoms with Gasteiger partial charge in [-0.1, -0.05) is 48.5 Å². The third-order valence-electron chi connectivity index (χ3n) is 4.29. The number of hydrogen-bond acceptors (Lipinski definition) is 6. The fourth-order valence-corrected chi connectivity index (χ4v) is 2.79. The van der Waals surface area contributed by atoms with Crippen LogP contribution in [0.5, 0.6) is 5.75 Å². The molecule has 29 heavy (non-hydrogen) atoms. The van der Waals surface area contributed by atoms with E-state index < -0.39 is 0 Å². The van der Waals surface area contributed by atoms with Crippen molar-refractivity contribution in [1.29, 1.82) is 0 Å². The Bertz CT molecular complexity index is 1090. The predicted molar refractivity (Wildman–Crippen MR) is 112 cm³/mol. The second-order valence-electron chi connectivity index (χ2n) is 6.39. The molecule has 0 spiro atoms. The van der Waals surface area contributed by atoms with Crippen molar-refractivity contribution in [2.45, 2.75) is 12.5 Å². The lowest BCUT2D eigenvalue weighted by Crippen LogP contribution is -1.95. The zero-order valence-electron chi connectivity index (χ0n) is 15.5. The minimum atomic E-state index is -0.0275. The summed E-state index contributed by atoms with van der Waals surface area (Å²) in [5.74, 6) is 0.636. The van der Waals surface area contributed by atoms with E-state index in [0.717, 1.165) is 11.3 Å². The normalized spacial score (nSPS) is 17.7. The standard InChI is InChI=1S/C22H18N6O/c29-21-12-11-19(25-24-18-9-5-2-6-10-18)13-17(21)15-23-27-22-14-20(26-28-22)16-7-3-1-4-8-16/h1-13,15,20,29H,14H2/b23-15+,25-24?,27-22+. The molecule has 0 saturated carbocycles. The molecule has 3 aromatic rings. The van der Waals surface area contributed by atoms with Crippen LogP contribution >= 0.6 is 0 Å². The number of phenolic OH excluding ortho intramolecular Hbond substituents is 1. The van der Waals surface area contributed by atoms with E-state index in [2.05, 4.69) is 30.7 Å². The van der Waals surface area contributed by atoms with Crippen LogP contribution in [-0.2, 0) is 0 Å². The molecule has 4 rings (SSSR count). The fraction of sp³-hybridized carbons (Fsp3) is 0.0909. The zero-order chi connectivity index (χ0) is 19.9. The number of hydrogen-bond donors (Lipinski definition) is 1. The molecule has 7 heteroatoms. The van der Waals surface area contributed by atoms with Crippen LogP contribution in [0.2, 0.25) is 0 Å². The summed E-state index contributed by atoms with van der Waals surface area (Å²) in [5.41, 5.74) is 2.94. The number of rotatable bonds is 5. The first-order valence-corrected chi connectivity index (χ1v) is 9.13. The van der Waals surface area contributed by atoms with Crippen molar-refractivity contribution >= 4 is 23.4 Å². The Kier molecular flexibility index (Phi) is 5.57. The molecular weight excluding hydrogens is 364 g/mol. The summed E-state index contributed by atoms with van der Waals surface area (Å²) < 4.78 is 0. The maximum Gasteiger partial charge on any atom is 0.175 e. The SMILES string of the molecule is Oc1ccc(N=Nc2ccccc2)cc1/C=N/N=C1\CC(c2ccccc2)N=N1. The van der Waals surface area contributed by atoms with Crippen LogP contribution in [0.3, 0.4) is 0 Å². The van der Waals surface area contributed by atoms with Gasteiger partial charge in [-0.15, -0.1) is 10.2 Å². The molecule has 0 amide bonds. The lowest BCUT2D eigenvalue weighted by atomic mass is 10.1. The van der Waals surface area contributed by atoms with E-state index in [1.807, 2.05) is 60.7 Å². The lowest BCUT2D eigenvalue weighted by molar-refractivity contribution is 0.474. The second kappa shape index (κ2) is 8.79. The third kappa shape index (κ3) is 4.84. The van der Waals surface area contributed by atoms with Crippen molar-refractivity contribution < 1.29 is 5.11 Å². The van der Waals surface area contributed by atoms with Gasteiger partial charge in [-0.25, -0.2) is 0 Å². The summed E-state index contributed by atoms with van der Waals surface area (Å²) in [6.45, 7) is 0. The third-order valence-corrected chi connectivity index (χ3v) is 4.29. The van der Waals surface area contributed by atoms with E-state index in [1.54, 1.807) is 18.2 Å². The van der Waals surface area contributed by atoms with E-state index in [9.17, 15) is 5.11 Å². The highest BCUT2D eigenvalue weighted by molar-refractivity contribution is 5.87. The van der Waals surface area contributed by atoms with E-state index in [1.165, 1.54) is 6.21 Å². The maximum absolute atomic E-state index is 10.0. The van der Waals surface area contributed by atoms with Crippen molar-refractivity contribution in [3.05, 3.63) is 90.0 Å². The number of benzene rings is 3. The van der Waals surface area contributed by atoms with Crippen molar-refractivity contribution in [1.82, 2.24) is 0 Å². The molecule has 1 aliphatic rings. The molecule has 0 bridgehead atoms. The first-order chi connectivity index (χ1) is 14.3. The molecule has 1 aliphatic heterocycles. The van der Waals surface area contributed by atoms with Gasteiger partial charge in [0.25, 0.3) is 0 Å². The monoisotopic (exact) mass is 382 g/mol. The molecule has 1 atom stereocenters. The van der Waals surface area contributed by atoms with E-state index in [4.69, 9.17) is 0 Å². The van der Waals surface area contributed by atoms with Crippen molar-refractivity contribution in [3.63, 3.8) is 0 Å². The Labute approximate surface area is 167 Å². The summed E-state index contributed by atoms with van der Waals surface area (Å²) in [6.07, 6.45) is 2.06. The molecule has 3 aromatic carbocycles. The van der Waals surface area contributed by atoms with Crippen molar-refractivity contribution in [3.8, 4) is 5.75 Å². The van der Waals surface area contributed by atoms with Crippen LogP contribution in [-0.4, -0.2) is 17.2 Å². The highest BCUT2D eigenvalue weighted by atomic mass is 16.3. The highest BCUT2D eigenvalue weighted by Crippen LogP contribution is 2.27. The van der Waals surface area contributed by atoms with Gasteiger partial charge in [0.2, 0.25) is 0 Å². The molecule has 1 N–H and O–H groups in total. The van der Waals surface area contributed by atoms with Crippen LogP contribution in [0, 0.1) is 0 Å². The van der Waals surface area contributed by atoms with Gasteiger partial charge in [0.1, 0.15) is 11.8 Å². The molecule has 0 saturated heterocycles. The molecule has 1 unspecified atom stereocenters. The number of aromatic hydroxyl groups is 1. The minimum Gasteiger partial charge on any atom is -0.507 e. The molecule has 0 aromatic heterocycles. The molecule has 7 nitrogen and oxygen atoms in total. The number of nitrogens with zero attached hydrogens (tertiary/aromatic N) is 6. The van der Waals surface area contributed by atoms with Gasteiger partial charge in [0.05, 0.1) is 17.6 Å². The molecule has 1 heterocycles. The van der Waals surface area contributed by atoms with Crippen LogP contribution < -0.4 is 0 Å². The van der Waals surface area contributed by atoms with Crippen LogP contribution in [0.4, 0.5) is 11.4 Å². The largest absolute Gasteiger partial charge is 0.507 e. The summed E-state index contributed by atoms with van der Waals surface area (Å²) in [4.78, 5) is 0. The summed E-state index contributed by atoms with van der Waals surface area (Å²) in [6, 6.07) is 24.3. The van der Waals surface area contributed by atoms with Crippen LogP contribution in [0.15, 0.2) is 110 Å². The zero-order valence-corrected chi connectivity index (χ0v) is 15.5. The fourth-order valence-electron chi connectivity index (χ4n) is 2.79. The molecule has 0 aliphatic carbocycles. The van der Waals surface area contributed by atoms with Gasteiger partial charge < -0.3 is 5.11 Å². The second-order valence-corrected chi connectivity index (χ2v) is 6.39. The lowest BCUT2D eigenvalue weighted by Gasteiger charge is -2.03. The smallest absolute Gasteiger partial charge is 0.175 e. The molecule has 0 radical (unpaired) electrons. The Morgan fingerprint density at radius 1 is 0.862 bits per heavy atom. The van der Waals surface area contributed by atoms with Crippen LogP contribution in [0.25, 0.3) is 0 Å². The first kappa shape index (κ1) is 18.4. The number of amidine groups is 1. The van der Waals surface area contributed by atoms with E-state index >= 15 is 0 Å². The first-order valence-electron chi connectivity index (χ1n) is 9.13. The maximum atomic E-state index is 10.0. The topological polar surface area (TPSA) is 94.4 Å². The number of azo groups is 2. The van der Waals surface area contributed by atoms with Crippen molar-refractivity contribution in [2.24, 2.45) is 30.7 Å². The Morgan fingerprint density at radius 2 is 1.59 bits per heavy atom. The molecule has 0 fully saturated rings. The summed E-state index contributed by atoms with van der Waals surface area (Å²) in [7, 11) is 0. The van der Waals surface area contributed by atoms with Crippen molar-refractivity contribution in [2.75, 3.05) is 0 Å². The quantitative estimate of drug-likeness (QED) is 0.320. The minimum absolute atomic E-state index is 0.0275. The van der Waals surface area contributed by atoms with Crippen LogP contribution in [0.1, 0.15) is 23.6 Å². The van der Waals surface area contributed by atoms with E-state index in [0.29, 0.717) is 23.5 Å². The average molecular weight is 382 g/mol. The molecular formula is C22H18N6O. The number of phenols is 1. The Hall–Kier alpha value is -4.00. The molecule has 142 valence electrons. The van der Waals surface area contributed by atoms with Gasteiger partial charge in [0.15, 0.2) is 5.84 Å². The van der Waals surface area contributed by atoms with Gasteiger partial charge in [-0.05, 0) is 35.9 Å². The van der Waals surface area contributed by atoms with Gasteiger partial charge in [-0.2, -0.15) is 20.4 Å². The Balaban J connectivity index is 1.44. The van der Waals surface area contributed by atoms with Gasteiger partial charge in [0, 0.05) is 12.0 Å². The van der Waals surface area contributed by atoms with Gasteiger partial charge in [-0.3, -0.25) is 0 Å². The van der Waals surface area contributed by atoms with E-state index in [-0.39, 0.29) is 11.8 Å². The van der Waals surface area contributed by atoms with Gasteiger partial charge >= 0.3 is 0 Å². The average Bonchev–Trinajstić information content (AvgIpc) is 3.24. The Morgan fingerprint density at radius 3 is 2.38 bits per heavy atom. The summed E-state index contributed by atoms with van der Waals surface area (Å²) >= 11 is 0. The highest BCUT2D eigenvalue weighted by Gasteiger charge is 2.19. The summed E-state index contributed by atoms with van der Waals surface area (Å²) in [5, 5.41) is 34.9. The predicted octanol–water partition coefficient (Wildman–Crippen LogP) is 6.14.